The molecule has 5 nitrogen and oxygen atoms in total. The highest BCUT2D eigenvalue weighted by Gasteiger charge is 2.14. The predicted molar refractivity (Wildman–Crippen MR) is 98.5 cm³/mol. The molecule has 0 atom stereocenters. The Labute approximate surface area is 145 Å². The third kappa shape index (κ3) is 2.74. The van der Waals surface area contributed by atoms with E-state index in [1.165, 1.54) is 5.56 Å². The summed E-state index contributed by atoms with van der Waals surface area (Å²) in [4.78, 5) is 21.1. The molecule has 1 aromatic carbocycles. The van der Waals surface area contributed by atoms with Crippen molar-refractivity contribution in [2.75, 3.05) is 0 Å². The van der Waals surface area contributed by atoms with E-state index in [0.717, 1.165) is 22.4 Å². The quantitative estimate of drug-likeness (QED) is 0.580. The van der Waals surface area contributed by atoms with Crippen molar-refractivity contribution in [3.8, 4) is 11.4 Å². The van der Waals surface area contributed by atoms with Gasteiger partial charge in [0.1, 0.15) is 5.82 Å². The molecule has 0 saturated heterocycles. The lowest BCUT2D eigenvalue weighted by Gasteiger charge is -2.11. The number of rotatable bonds is 3. The van der Waals surface area contributed by atoms with Crippen LogP contribution in [0.1, 0.15) is 11.1 Å². The normalized spacial score (nSPS) is 11.1. The summed E-state index contributed by atoms with van der Waals surface area (Å²) < 4.78 is 3.76. The zero-order valence-corrected chi connectivity index (χ0v) is 14.2. The molecule has 25 heavy (non-hydrogen) atoms. The molecule has 0 fully saturated rings. The summed E-state index contributed by atoms with van der Waals surface area (Å²) in [5.74, 6) is 0.838. The summed E-state index contributed by atoms with van der Waals surface area (Å²) in [6.07, 6.45) is 5.42. The van der Waals surface area contributed by atoms with Gasteiger partial charge in [0, 0.05) is 37.1 Å². The maximum atomic E-state index is 12.0. The fourth-order valence-electron chi connectivity index (χ4n) is 3.12. The van der Waals surface area contributed by atoms with Crippen LogP contribution in [0.4, 0.5) is 0 Å². The number of aryl methyl sites for hydroxylation is 2. The van der Waals surface area contributed by atoms with E-state index in [1.54, 1.807) is 17.8 Å². The van der Waals surface area contributed by atoms with E-state index in [4.69, 9.17) is 4.98 Å². The minimum Gasteiger partial charge on any atom is -0.318 e. The fraction of sp³-hybridized carbons (Fsp3) is 0.150. The number of aromatic nitrogens is 4. The average Bonchev–Trinajstić information content (AvgIpc) is 2.99. The van der Waals surface area contributed by atoms with Crippen molar-refractivity contribution in [3.05, 3.63) is 82.5 Å². The minimum atomic E-state index is 0.0103. The van der Waals surface area contributed by atoms with Gasteiger partial charge in [-0.1, -0.05) is 30.3 Å². The lowest BCUT2D eigenvalue weighted by atomic mass is 10.2. The Bertz CT molecular complexity index is 1080. The van der Waals surface area contributed by atoms with Crippen LogP contribution in [0.5, 0.6) is 0 Å². The molecular formula is C20H18N4O. The van der Waals surface area contributed by atoms with Gasteiger partial charge in [0.2, 0.25) is 0 Å². The number of hydrogen-bond donors (Lipinski definition) is 0. The van der Waals surface area contributed by atoms with Gasteiger partial charge >= 0.3 is 0 Å². The van der Waals surface area contributed by atoms with Gasteiger partial charge in [-0.15, -0.1) is 0 Å². The van der Waals surface area contributed by atoms with Crippen LogP contribution >= 0.6 is 0 Å². The van der Waals surface area contributed by atoms with E-state index in [2.05, 4.69) is 21.7 Å². The van der Waals surface area contributed by atoms with Gasteiger partial charge < -0.3 is 9.13 Å². The van der Waals surface area contributed by atoms with E-state index in [-0.39, 0.29) is 5.56 Å². The molecule has 0 aliphatic rings. The van der Waals surface area contributed by atoms with E-state index >= 15 is 0 Å². The van der Waals surface area contributed by atoms with E-state index in [1.807, 2.05) is 49.6 Å². The van der Waals surface area contributed by atoms with Crippen molar-refractivity contribution in [1.29, 1.82) is 0 Å². The van der Waals surface area contributed by atoms with E-state index < -0.39 is 0 Å². The molecule has 0 bridgehead atoms. The standard InChI is InChI=1S/C20H18N4O/c1-14-10-16(13-23(2)20(14)25)19-22-17-8-9-21-11-18(17)24(19)12-15-6-4-3-5-7-15/h3-11,13H,12H2,1-2H3. The monoisotopic (exact) mass is 330 g/mol. The Hall–Kier alpha value is -3.21. The fourth-order valence-corrected chi connectivity index (χ4v) is 3.12. The zero-order valence-electron chi connectivity index (χ0n) is 14.2. The lowest BCUT2D eigenvalue weighted by molar-refractivity contribution is 0.818. The summed E-state index contributed by atoms with van der Waals surface area (Å²) in [5, 5.41) is 0. The molecule has 0 aliphatic carbocycles. The zero-order chi connectivity index (χ0) is 17.4. The second kappa shape index (κ2) is 6.02. The molecule has 4 aromatic rings. The number of benzene rings is 1. The first kappa shape index (κ1) is 15.3. The van der Waals surface area contributed by atoms with Crippen molar-refractivity contribution in [1.82, 2.24) is 19.1 Å². The Morgan fingerprint density at radius 3 is 2.68 bits per heavy atom. The molecule has 0 N–H and O–H groups in total. The number of nitrogens with zero attached hydrogens (tertiary/aromatic N) is 4. The highest BCUT2D eigenvalue weighted by Crippen LogP contribution is 2.25. The Kier molecular flexibility index (Phi) is 3.69. The number of imidazole rings is 1. The largest absolute Gasteiger partial charge is 0.318 e. The van der Waals surface area contributed by atoms with Crippen molar-refractivity contribution in [2.45, 2.75) is 13.5 Å². The van der Waals surface area contributed by atoms with Crippen LogP contribution < -0.4 is 5.56 Å². The molecular weight excluding hydrogens is 312 g/mol. The highest BCUT2D eigenvalue weighted by molar-refractivity contribution is 5.79. The smallest absolute Gasteiger partial charge is 0.253 e. The average molecular weight is 330 g/mol. The third-order valence-electron chi connectivity index (χ3n) is 4.35. The first-order valence-electron chi connectivity index (χ1n) is 8.15. The van der Waals surface area contributed by atoms with Gasteiger partial charge in [0.05, 0.1) is 17.2 Å². The summed E-state index contributed by atoms with van der Waals surface area (Å²) in [6.45, 7) is 2.53. The molecule has 124 valence electrons. The van der Waals surface area contributed by atoms with Crippen LogP contribution in [0.15, 0.2) is 65.8 Å². The Balaban J connectivity index is 1.94. The topological polar surface area (TPSA) is 52.7 Å². The third-order valence-corrected chi connectivity index (χ3v) is 4.35. The minimum absolute atomic E-state index is 0.0103. The molecule has 3 heterocycles. The van der Waals surface area contributed by atoms with Crippen LogP contribution in [0.3, 0.4) is 0 Å². The van der Waals surface area contributed by atoms with Crippen LogP contribution in [0, 0.1) is 6.92 Å². The molecule has 0 saturated carbocycles. The van der Waals surface area contributed by atoms with Gasteiger partial charge in [-0.2, -0.15) is 0 Å². The number of pyridine rings is 2. The van der Waals surface area contributed by atoms with E-state index in [0.29, 0.717) is 12.1 Å². The first-order chi connectivity index (χ1) is 12.1. The molecule has 0 spiro atoms. The van der Waals surface area contributed by atoms with Crippen molar-refractivity contribution < 1.29 is 0 Å². The predicted octanol–water partition coefficient (Wildman–Crippen LogP) is 3.15. The molecule has 0 unspecified atom stereocenters. The molecule has 0 radical (unpaired) electrons. The Morgan fingerprint density at radius 2 is 1.92 bits per heavy atom. The van der Waals surface area contributed by atoms with Crippen LogP contribution in [-0.2, 0) is 13.6 Å². The summed E-state index contributed by atoms with van der Waals surface area (Å²) in [6, 6.07) is 14.1. The number of hydrogen-bond acceptors (Lipinski definition) is 3. The maximum Gasteiger partial charge on any atom is 0.253 e. The van der Waals surface area contributed by atoms with Crippen LogP contribution in [0.25, 0.3) is 22.4 Å². The summed E-state index contributed by atoms with van der Waals surface area (Å²) in [5.41, 5.74) is 4.70. The summed E-state index contributed by atoms with van der Waals surface area (Å²) >= 11 is 0. The molecule has 0 aliphatic heterocycles. The summed E-state index contributed by atoms with van der Waals surface area (Å²) in [7, 11) is 1.77. The lowest BCUT2D eigenvalue weighted by Crippen LogP contribution is -2.18. The molecule has 4 rings (SSSR count). The van der Waals surface area contributed by atoms with Crippen LogP contribution in [-0.4, -0.2) is 19.1 Å². The molecule has 3 aromatic heterocycles. The van der Waals surface area contributed by atoms with Gasteiger partial charge in [-0.3, -0.25) is 9.78 Å². The molecule has 5 heteroatoms. The van der Waals surface area contributed by atoms with Crippen molar-refractivity contribution >= 4 is 11.0 Å². The van der Waals surface area contributed by atoms with Crippen molar-refractivity contribution in [2.24, 2.45) is 7.05 Å². The second-order valence-corrected chi connectivity index (χ2v) is 6.20. The van der Waals surface area contributed by atoms with Gasteiger partial charge in [-0.25, -0.2) is 4.98 Å². The highest BCUT2D eigenvalue weighted by atomic mass is 16.1. The van der Waals surface area contributed by atoms with Gasteiger partial charge in [-0.05, 0) is 24.6 Å². The van der Waals surface area contributed by atoms with Crippen LogP contribution in [0.2, 0.25) is 0 Å². The second-order valence-electron chi connectivity index (χ2n) is 6.20. The Morgan fingerprint density at radius 1 is 1.12 bits per heavy atom. The van der Waals surface area contributed by atoms with E-state index in [9.17, 15) is 4.79 Å². The number of fused-ring (bicyclic) bond motifs is 1. The molecule has 0 amide bonds. The maximum absolute atomic E-state index is 12.0. The first-order valence-corrected chi connectivity index (χ1v) is 8.15. The van der Waals surface area contributed by atoms with Gasteiger partial charge in [0.25, 0.3) is 5.56 Å². The van der Waals surface area contributed by atoms with Crippen molar-refractivity contribution in [3.63, 3.8) is 0 Å². The van der Waals surface area contributed by atoms with Gasteiger partial charge in [0.15, 0.2) is 0 Å². The SMILES string of the molecule is Cc1cc(-c2nc3ccncc3n2Cc2ccccc2)cn(C)c1=O.